The number of thiazole rings is 1. The van der Waals surface area contributed by atoms with Crippen LogP contribution in [0.15, 0.2) is 55.5 Å². The average Bonchev–Trinajstić information content (AvgIpc) is 3.52. The molecule has 1 N–H and O–H groups in total. The van der Waals surface area contributed by atoms with Crippen molar-refractivity contribution in [3.8, 4) is 22.8 Å². The first-order valence-electron chi connectivity index (χ1n) is 9.23. The van der Waals surface area contributed by atoms with Gasteiger partial charge in [0.05, 0.1) is 12.8 Å². The van der Waals surface area contributed by atoms with E-state index in [0.717, 1.165) is 27.7 Å². The normalized spacial score (nSPS) is 11.0. The Morgan fingerprint density at radius 2 is 2.00 bits per heavy atom. The first-order valence-corrected chi connectivity index (χ1v) is 10.1. The molecule has 0 fully saturated rings. The monoisotopic (exact) mass is 432 g/mol. The summed E-state index contributed by atoms with van der Waals surface area (Å²) < 4.78 is 8.61. The van der Waals surface area contributed by atoms with Gasteiger partial charge >= 0.3 is 0 Å². The van der Waals surface area contributed by atoms with E-state index in [-0.39, 0.29) is 5.91 Å². The molecule has 10 nitrogen and oxygen atoms in total. The molecule has 4 heterocycles. The number of aromatic nitrogens is 7. The van der Waals surface area contributed by atoms with Crippen molar-refractivity contribution in [2.24, 2.45) is 0 Å². The van der Waals surface area contributed by atoms with Gasteiger partial charge in [0.2, 0.25) is 0 Å². The third kappa shape index (κ3) is 3.51. The highest BCUT2D eigenvalue weighted by Gasteiger charge is 2.19. The van der Waals surface area contributed by atoms with Crippen molar-refractivity contribution >= 4 is 28.0 Å². The Balaban J connectivity index is 1.40. The third-order valence-corrected chi connectivity index (χ3v) is 5.85. The lowest BCUT2D eigenvalue weighted by Crippen LogP contribution is -2.13. The SMILES string of the molecule is COc1ccc(-c2cn3c(C)c(C(=O)Nc4cc(-n5cncn5)ncn4)sc3n2)cc1. The minimum atomic E-state index is -0.262. The first kappa shape index (κ1) is 18.9. The summed E-state index contributed by atoms with van der Waals surface area (Å²) >= 11 is 1.32. The lowest BCUT2D eigenvalue weighted by atomic mass is 10.2. The summed E-state index contributed by atoms with van der Waals surface area (Å²) in [5.74, 6) is 1.40. The van der Waals surface area contributed by atoms with Gasteiger partial charge in [0.1, 0.15) is 35.4 Å². The molecule has 0 radical (unpaired) electrons. The van der Waals surface area contributed by atoms with Crippen molar-refractivity contribution in [3.63, 3.8) is 0 Å². The van der Waals surface area contributed by atoms with Crippen LogP contribution >= 0.6 is 11.3 Å². The molecule has 0 saturated carbocycles. The van der Waals surface area contributed by atoms with Crippen LogP contribution in [0.3, 0.4) is 0 Å². The second-order valence-corrected chi connectivity index (χ2v) is 7.56. The molecule has 0 aliphatic rings. The van der Waals surface area contributed by atoms with Crippen molar-refractivity contribution in [2.75, 3.05) is 12.4 Å². The number of rotatable bonds is 5. The molecule has 0 aliphatic heterocycles. The fourth-order valence-electron chi connectivity index (χ4n) is 3.10. The van der Waals surface area contributed by atoms with Gasteiger partial charge in [0.25, 0.3) is 5.91 Å². The molecule has 4 aromatic heterocycles. The number of hydrogen-bond acceptors (Lipinski definition) is 8. The summed E-state index contributed by atoms with van der Waals surface area (Å²) in [5, 5.41) is 6.84. The number of nitrogens with zero attached hydrogens (tertiary/aromatic N) is 7. The maximum Gasteiger partial charge on any atom is 0.268 e. The van der Waals surface area contributed by atoms with Gasteiger partial charge in [0, 0.05) is 23.5 Å². The zero-order chi connectivity index (χ0) is 21.4. The molecular formula is C20H16N8O2S. The van der Waals surface area contributed by atoms with Crippen LogP contribution in [0.25, 0.3) is 22.0 Å². The number of imidazole rings is 1. The summed E-state index contributed by atoms with van der Waals surface area (Å²) in [5.41, 5.74) is 2.61. The van der Waals surface area contributed by atoms with Crippen LogP contribution in [0.2, 0.25) is 0 Å². The van der Waals surface area contributed by atoms with E-state index in [1.807, 2.05) is 41.8 Å². The zero-order valence-corrected chi connectivity index (χ0v) is 17.4. The minimum Gasteiger partial charge on any atom is -0.497 e. The molecule has 0 atom stereocenters. The number of anilines is 1. The molecular weight excluding hydrogens is 416 g/mol. The van der Waals surface area contributed by atoms with E-state index in [1.54, 1.807) is 13.2 Å². The number of carbonyl (C=O) groups is 1. The van der Waals surface area contributed by atoms with Crippen LogP contribution in [-0.2, 0) is 0 Å². The number of benzene rings is 1. The second kappa shape index (κ2) is 7.61. The van der Waals surface area contributed by atoms with Gasteiger partial charge in [0.15, 0.2) is 10.8 Å². The standard InChI is InChI=1S/C20H16N8O2S/c1-12-18(19(29)26-16-7-17(23-10-22-16)28-11-21-9-24-28)31-20-25-15(8-27(12)20)13-3-5-14(30-2)6-4-13/h3-11H,1-2H3,(H,22,23,26,29). The van der Waals surface area contributed by atoms with E-state index >= 15 is 0 Å². The second-order valence-electron chi connectivity index (χ2n) is 6.58. The quantitative estimate of drug-likeness (QED) is 0.454. The topological polar surface area (TPSA) is 112 Å². The number of ether oxygens (including phenoxy) is 1. The lowest BCUT2D eigenvalue weighted by molar-refractivity contribution is 0.102. The molecule has 11 heteroatoms. The highest BCUT2D eigenvalue weighted by Crippen LogP contribution is 2.28. The number of hydrogen-bond donors (Lipinski definition) is 1. The van der Waals surface area contributed by atoms with Gasteiger partial charge in [-0.3, -0.25) is 9.20 Å². The van der Waals surface area contributed by atoms with Gasteiger partial charge in [-0.25, -0.2) is 24.6 Å². The van der Waals surface area contributed by atoms with E-state index in [4.69, 9.17) is 4.74 Å². The Kier molecular flexibility index (Phi) is 4.64. The van der Waals surface area contributed by atoms with Gasteiger partial charge < -0.3 is 10.1 Å². The number of carbonyl (C=O) groups excluding carboxylic acids is 1. The summed E-state index contributed by atoms with van der Waals surface area (Å²) in [7, 11) is 1.63. The van der Waals surface area contributed by atoms with Crippen LogP contribution in [0.1, 0.15) is 15.4 Å². The maximum atomic E-state index is 12.9. The molecule has 0 unspecified atom stereocenters. The van der Waals surface area contributed by atoms with Crippen molar-refractivity contribution in [2.45, 2.75) is 6.92 Å². The summed E-state index contributed by atoms with van der Waals surface area (Å²) in [6, 6.07) is 9.32. The van der Waals surface area contributed by atoms with Gasteiger partial charge in [-0.05, 0) is 31.2 Å². The highest BCUT2D eigenvalue weighted by molar-refractivity contribution is 7.19. The van der Waals surface area contributed by atoms with Crippen molar-refractivity contribution in [3.05, 3.63) is 66.1 Å². The molecule has 5 aromatic rings. The Bertz CT molecular complexity index is 1370. The number of fused-ring (bicyclic) bond motifs is 1. The number of aryl methyl sites for hydroxylation is 1. The molecule has 1 amide bonds. The lowest BCUT2D eigenvalue weighted by Gasteiger charge is -2.05. The Labute approximate surface area is 180 Å². The molecule has 0 saturated heterocycles. The number of amides is 1. The zero-order valence-electron chi connectivity index (χ0n) is 16.6. The summed E-state index contributed by atoms with van der Waals surface area (Å²) in [6.45, 7) is 1.89. The van der Waals surface area contributed by atoms with Gasteiger partial charge in [-0.2, -0.15) is 5.10 Å². The van der Waals surface area contributed by atoms with Crippen molar-refractivity contribution in [1.29, 1.82) is 0 Å². The fraction of sp³-hybridized carbons (Fsp3) is 0.100. The van der Waals surface area contributed by atoms with Crippen LogP contribution in [0, 0.1) is 6.92 Å². The van der Waals surface area contributed by atoms with Crippen LogP contribution in [0.4, 0.5) is 5.82 Å². The van der Waals surface area contributed by atoms with E-state index < -0.39 is 0 Å². The fourth-order valence-corrected chi connectivity index (χ4v) is 4.11. The molecule has 31 heavy (non-hydrogen) atoms. The Hall–Kier alpha value is -4.12. The predicted molar refractivity (Wildman–Crippen MR) is 115 cm³/mol. The van der Waals surface area contributed by atoms with Gasteiger partial charge in [-0.1, -0.05) is 11.3 Å². The molecule has 5 rings (SSSR count). The van der Waals surface area contributed by atoms with Crippen LogP contribution < -0.4 is 10.1 Å². The molecule has 0 spiro atoms. The number of methoxy groups -OCH3 is 1. The smallest absolute Gasteiger partial charge is 0.268 e. The van der Waals surface area contributed by atoms with Crippen molar-refractivity contribution in [1.82, 2.24) is 34.1 Å². The van der Waals surface area contributed by atoms with E-state index in [0.29, 0.717) is 16.5 Å². The third-order valence-electron chi connectivity index (χ3n) is 4.70. The maximum absolute atomic E-state index is 12.9. The number of nitrogens with one attached hydrogen (secondary N) is 1. The first-order chi connectivity index (χ1) is 15.1. The molecule has 0 bridgehead atoms. The van der Waals surface area contributed by atoms with E-state index in [2.05, 4.69) is 30.4 Å². The Morgan fingerprint density at radius 1 is 1.16 bits per heavy atom. The van der Waals surface area contributed by atoms with Crippen LogP contribution in [-0.4, -0.2) is 47.1 Å². The molecule has 1 aromatic carbocycles. The predicted octanol–water partition coefficient (Wildman–Crippen LogP) is 3.00. The molecule has 0 aliphatic carbocycles. The van der Waals surface area contributed by atoms with E-state index in [9.17, 15) is 4.79 Å². The van der Waals surface area contributed by atoms with Crippen LogP contribution in [0.5, 0.6) is 5.75 Å². The van der Waals surface area contributed by atoms with Gasteiger partial charge in [-0.15, -0.1) is 0 Å². The Morgan fingerprint density at radius 3 is 2.71 bits per heavy atom. The minimum absolute atomic E-state index is 0.262. The van der Waals surface area contributed by atoms with E-state index in [1.165, 1.54) is 35.0 Å². The largest absolute Gasteiger partial charge is 0.497 e. The summed E-state index contributed by atoms with van der Waals surface area (Å²) in [4.78, 5) is 31.0. The average molecular weight is 432 g/mol. The summed E-state index contributed by atoms with van der Waals surface area (Å²) in [6.07, 6.45) is 6.22. The molecule has 154 valence electrons. The highest BCUT2D eigenvalue weighted by atomic mass is 32.1. The van der Waals surface area contributed by atoms with Crippen molar-refractivity contribution < 1.29 is 9.53 Å².